The number of aromatic nitrogens is 2. The molecule has 0 saturated carbocycles. The third-order valence-corrected chi connectivity index (χ3v) is 4.24. The largest absolute Gasteiger partial charge is 0.387 e. The second-order valence-corrected chi connectivity index (χ2v) is 6.03. The molecule has 1 aromatic carbocycles. The van der Waals surface area contributed by atoms with Crippen molar-refractivity contribution in [2.75, 3.05) is 5.75 Å². The lowest BCUT2D eigenvalue weighted by molar-refractivity contribution is 0.198. The zero-order chi connectivity index (χ0) is 13.1. The first-order chi connectivity index (χ1) is 8.56. The lowest BCUT2D eigenvalue weighted by Gasteiger charge is -2.10. The quantitative estimate of drug-likeness (QED) is 0.879. The maximum Gasteiger partial charge on any atom is 0.174 e. The standard InChI is InChI=1S/C11H10F2N2OS2/c1-6-14-15-11(18-6)17-5-10(16)8-3-2-7(12)4-9(8)13/h2-4,10,16H,5H2,1H3. The van der Waals surface area contributed by atoms with E-state index in [2.05, 4.69) is 10.2 Å². The van der Waals surface area contributed by atoms with Gasteiger partial charge in [0.05, 0.1) is 6.10 Å². The van der Waals surface area contributed by atoms with E-state index in [1.807, 2.05) is 6.92 Å². The second kappa shape index (κ2) is 5.73. The van der Waals surface area contributed by atoms with Crippen LogP contribution in [-0.2, 0) is 0 Å². The van der Waals surface area contributed by atoms with Crippen LogP contribution in [0.4, 0.5) is 8.78 Å². The Balaban J connectivity index is 2.01. The van der Waals surface area contributed by atoms with Crippen LogP contribution < -0.4 is 0 Å². The molecule has 0 amide bonds. The van der Waals surface area contributed by atoms with Crippen LogP contribution in [-0.4, -0.2) is 21.1 Å². The molecule has 0 bridgehead atoms. The van der Waals surface area contributed by atoms with Gasteiger partial charge in [0.2, 0.25) is 0 Å². The van der Waals surface area contributed by atoms with Crippen molar-refractivity contribution in [2.45, 2.75) is 17.4 Å². The molecule has 7 heteroatoms. The molecule has 0 saturated heterocycles. The summed E-state index contributed by atoms with van der Waals surface area (Å²) in [5, 5.41) is 18.4. The minimum absolute atomic E-state index is 0.0881. The SMILES string of the molecule is Cc1nnc(SCC(O)c2ccc(F)cc2F)s1. The number of rotatable bonds is 4. The van der Waals surface area contributed by atoms with E-state index in [9.17, 15) is 13.9 Å². The summed E-state index contributed by atoms with van der Waals surface area (Å²) in [4.78, 5) is 0. The molecular weight excluding hydrogens is 278 g/mol. The molecule has 0 aliphatic rings. The van der Waals surface area contributed by atoms with Crippen molar-refractivity contribution >= 4 is 23.1 Å². The number of aliphatic hydroxyl groups excluding tert-OH is 1. The molecule has 0 fully saturated rings. The third-order valence-electron chi connectivity index (χ3n) is 2.19. The van der Waals surface area contributed by atoms with Crippen molar-refractivity contribution in [1.29, 1.82) is 0 Å². The van der Waals surface area contributed by atoms with Crippen molar-refractivity contribution < 1.29 is 13.9 Å². The Labute approximate surface area is 111 Å². The van der Waals surface area contributed by atoms with Gasteiger partial charge in [0.15, 0.2) is 4.34 Å². The summed E-state index contributed by atoms with van der Waals surface area (Å²) in [7, 11) is 0. The summed E-state index contributed by atoms with van der Waals surface area (Å²) in [6, 6.07) is 3.14. The van der Waals surface area contributed by atoms with Gasteiger partial charge in [0.25, 0.3) is 0 Å². The fourth-order valence-corrected chi connectivity index (χ4v) is 3.14. The predicted molar refractivity (Wildman–Crippen MR) is 66.7 cm³/mol. The number of benzene rings is 1. The Morgan fingerprint density at radius 1 is 1.39 bits per heavy atom. The average Bonchev–Trinajstić information content (AvgIpc) is 2.72. The number of aryl methyl sites for hydroxylation is 1. The number of halogens is 2. The smallest absolute Gasteiger partial charge is 0.174 e. The molecule has 3 nitrogen and oxygen atoms in total. The molecule has 0 spiro atoms. The Morgan fingerprint density at radius 2 is 2.17 bits per heavy atom. The molecular formula is C11H10F2N2OS2. The molecule has 1 N–H and O–H groups in total. The number of aliphatic hydroxyl groups is 1. The highest BCUT2D eigenvalue weighted by Crippen LogP contribution is 2.28. The summed E-state index contributed by atoms with van der Waals surface area (Å²) in [5.74, 6) is -1.15. The lowest BCUT2D eigenvalue weighted by atomic mass is 10.1. The van der Waals surface area contributed by atoms with Crippen LogP contribution in [0.5, 0.6) is 0 Å². The van der Waals surface area contributed by atoms with Crippen molar-refractivity contribution in [3.05, 3.63) is 40.4 Å². The van der Waals surface area contributed by atoms with Crippen molar-refractivity contribution in [2.24, 2.45) is 0 Å². The monoisotopic (exact) mass is 288 g/mol. The Bertz CT molecular complexity index is 548. The van der Waals surface area contributed by atoms with E-state index in [4.69, 9.17) is 0 Å². The minimum atomic E-state index is -1.00. The van der Waals surface area contributed by atoms with E-state index in [1.165, 1.54) is 29.2 Å². The highest BCUT2D eigenvalue weighted by atomic mass is 32.2. The summed E-state index contributed by atoms with van der Waals surface area (Å²) >= 11 is 2.70. The van der Waals surface area contributed by atoms with E-state index in [-0.39, 0.29) is 11.3 Å². The average molecular weight is 288 g/mol. The summed E-state index contributed by atoms with van der Waals surface area (Å²) in [5.41, 5.74) is 0.0881. The Hall–Kier alpha value is -1.05. The zero-order valence-corrected chi connectivity index (χ0v) is 11.1. The molecule has 0 aliphatic heterocycles. The minimum Gasteiger partial charge on any atom is -0.387 e. The van der Waals surface area contributed by atoms with Crippen LogP contribution in [0.2, 0.25) is 0 Å². The fourth-order valence-electron chi connectivity index (χ4n) is 1.35. The van der Waals surface area contributed by atoms with Gasteiger partial charge in [-0.15, -0.1) is 10.2 Å². The van der Waals surface area contributed by atoms with Crippen molar-refractivity contribution in [1.82, 2.24) is 10.2 Å². The van der Waals surface area contributed by atoms with Gasteiger partial charge in [-0.2, -0.15) is 0 Å². The first kappa shape index (κ1) is 13.4. The van der Waals surface area contributed by atoms with Gasteiger partial charge in [0, 0.05) is 17.4 Å². The van der Waals surface area contributed by atoms with Crippen LogP contribution in [0.25, 0.3) is 0 Å². The van der Waals surface area contributed by atoms with Gasteiger partial charge < -0.3 is 5.11 Å². The first-order valence-electron chi connectivity index (χ1n) is 5.12. The second-order valence-electron chi connectivity index (χ2n) is 3.58. The van der Waals surface area contributed by atoms with E-state index in [0.717, 1.165) is 17.1 Å². The maximum atomic E-state index is 13.4. The topological polar surface area (TPSA) is 46.0 Å². The number of hydrogen-bond acceptors (Lipinski definition) is 5. The molecule has 0 radical (unpaired) electrons. The summed E-state index contributed by atoms with van der Waals surface area (Å²) in [6.07, 6.45) is -1.00. The first-order valence-corrected chi connectivity index (χ1v) is 6.92. The Morgan fingerprint density at radius 3 is 2.78 bits per heavy atom. The van der Waals surface area contributed by atoms with Crippen LogP contribution in [0.15, 0.2) is 22.5 Å². The van der Waals surface area contributed by atoms with Gasteiger partial charge in [-0.1, -0.05) is 29.2 Å². The van der Waals surface area contributed by atoms with Gasteiger partial charge in [-0.25, -0.2) is 8.78 Å². The van der Waals surface area contributed by atoms with E-state index < -0.39 is 17.7 Å². The number of thioether (sulfide) groups is 1. The molecule has 1 aromatic heterocycles. The molecule has 1 atom stereocenters. The zero-order valence-electron chi connectivity index (χ0n) is 9.43. The normalized spacial score (nSPS) is 12.7. The van der Waals surface area contributed by atoms with Gasteiger partial charge in [0.1, 0.15) is 16.6 Å². The number of hydrogen-bond donors (Lipinski definition) is 1. The molecule has 2 rings (SSSR count). The molecule has 2 aromatic rings. The van der Waals surface area contributed by atoms with Crippen LogP contribution >= 0.6 is 23.1 Å². The molecule has 96 valence electrons. The Kier molecular flexibility index (Phi) is 4.26. The summed E-state index contributed by atoms with van der Waals surface area (Å²) < 4.78 is 26.8. The summed E-state index contributed by atoms with van der Waals surface area (Å²) in [6.45, 7) is 1.83. The third kappa shape index (κ3) is 3.24. The number of nitrogens with zero attached hydrogens (tertiary/aromatic N) is 2. The van der Waals surface area contributed by atoms with E-state index >= 15 is 0 Å². The predicted octanol–water partition coefficient (Wildman–Crippen LogP) is 2.95. The van der Waals surface area contributed by atoms with Crippen LogP contribution in [0, 0.1) is 18.6 Å². The highest BCUT2D eigenvalue weighted by Gasteiger charge is 2.15. The van der Waals surface area contributed by atoms with Crippen molar-refractivity contribution in [3.63, 3.8) is 0 Å². The van der Waals surface area contributed by atoms with Crippen molar-refractivity contribution in [3.8, 4) is 0 Å². The van der Waals surface area contributed by atoms with Gasteiger partial charge in [-0.3, -0.25) is 0 Å². The van der Waals surface area contributed by atoms with E-state index in [1.54, 1.807) is 0 Å². The molecule has 1 heterocycles. The fraction of sp³-hybridized carbons (Fsp3) is 0.273. The lowest BCUT2D eigenvalue weighted by Crippen LogP contribution is -2.03. The van der Waals surface area contributed by atoms with Gasteiger partial charge >= 0.3 is 0 Å². The van der Waals surface area contributed by atoms with Gasteiger partial charge in [-0.05, 0) is 13.0 Å². The molecule has 18 heavy (non-hydrogen) atoms. The molecule has 1 unspecified atom stereocenters. The van der Waals surface area contributed by atoms with Crippen LogP contribution in [0.3, 0.4) is 0 Å². The molecule has 0 aliphatic carbocycles. The highest BCUT2D eigenvalue weighted by molar-refractivity contribution is 8.01. The van der Waals surface area contributed by atoms with Crippen LogP contribution in [0.1, 0.15) is 16.7 Å². The maximum absolute atomic E-state index is 13.4. The van der Waals surface area contributed by atoms with E-state index in [0.29, 0.717) is 4.34 Å².